The van der Waals surface area contributed by atoms with E-state index in [2.05, 4.69) is 20.1 Å². The number of aromatic nitrogens is 3. The number of hydrogen-bond donors (Lipinski definition) is 3. The highest BCUT2D eigenvalue weighted by atomic mass is 32.2. The quantitative estimate of drug-likeness (QED) is 0.561. The van der Waals surface area contributed by atoms with Gasteiger partial charge in [0.15, 0.2) is 0 Å². The number of hydrogen-bond acceptors (Lipinski definition) is 6. The summed E-state index contributed by atoms with van der Waals surface area (Å²) in [4.78, 5) is 4.23. The van der Waals surface area contributed by atoms with Crippen LogP contribution in [0.5, 0.6) is 0 Å². The smallest absolute Gasteiger partial charge is 0.263 e. The average Bonchev–Trinajstić information content (AvgIpc) is 2.93. The van der Waals surface area contributed by atoms with Gasteiger partial charge >= 0.3 is 0 Å². The van der Waals surface area contributed by atoms with Crippen LogP contribution < -0.4 is 10.0 Å². The van der Waals surface area contributed by atoms with Gasteiger partial charge in [0.1, 0.15) is 10.7 Å². The Morgan fingerprint density at radius 3 is 2.39 bits per heavy atom. The Hall–Kier alpha value is -2.91. The highest BCUT2D eigenvalue weighted by Gasteiger charge is 2.20. The maximum atomic E-state index is 12.7. The number of nitrogens with one attached hydrogen (secondary N) is 2. The molecule has 0 radical (unpaired) electrons. The first-order chi connectivity index (χ1) is 13.3. The molecule has 0 aliphatic carbocycles. The number of pyridine rings is 1. The molecule has 1 atom stereocenters. The van der Waals surface area contributed by atoms with Gasteiger partial charge in [-0.05, 0) is 31.5 Å². The Labute approximate surface area is 164 Å². The second kappa shape index (κ2) is 7.99. The predicted octanol–water partition coefficient (Wildman–Crippen LogP) is 2.38. The molecule has 0 amide bonds. The SMILES string of the molecule is Cc1nn(C)c(C)c1NS(=O)(=O)c1ccc(NC(CO)c2ccccc2)nc1. The molecule has 148 valence electrons. The second-order valence-corrected chi connectivity index (χ2v) is 8.13. The summed E-state index contributed by atoms with van der Waals surface area (Å²) in [5.74, 6) is 0.468. The van der Waals surface area contributed by atoms with Crippen LogP contribution in [0.2, 0.25) is 0 Å². The molecule has 1 aromatic carbocycles. The van der Waals surface area contributed by atoms with Gasteiger partial charge < -0.3 is 10.4 Å². The Balaban J connectivity index is 1.78. The topological polar surface area (TPSA) is 109 Å². The molecule has 9 heteroatoms. The van der Waals surface area contributed by atoms with Crippen LogP contribution >= 0.6 is 0 Å². The van der Waals surface area contributed by atoms with Crippen molar-refractivity contribution in [2.75, 3.05) is 16.6 Å². The largest absolute Gasteiger partial charge is 0.394 e. The fourth-order valence-corrected chi connectivity index (χ4v) is 3.96. The molecule has 3 rings (SSSR count). The number of aryl methyl sites for hydroxylation is 2. The van der Waals surface area contributed by atoms with Crippen molar-refractivity contribution in [3.8, 4) is 0 Å². The number of anilines is 2. The number of nitrogens with zero attached hydrogens (tertiary/aromatic N) is 3. The minimum Gasteiger partial charge on any atom is -0.394 e. The van der Waals surface area contributed by atoms with Crippen molar-refractivity contribution in [1.29, 1.82) is 0 Å². The highest BCUT2D eigenvalue weighted by molar-refractivity contribution is 7.92. The zero-order chi connectivity index (χ0) is 20.3. The molecule has 3 aromatic rings. The van der Waals surface area contributed by atoms with Crippen molar-refractivity contribution in [2.24, 2.45) is 7.05 Å². The molecule has 0 spiro atoms. The normalized spacial score (nSPS) is 12.6. The summed E-state index contributed by atoms with van der Waals surface area (Å²) in [5, 5.41) is 17.0. The number of aliphatic hydroxyl groups is 1. The third kappa shape index (κ3) is 4.15. The molecule has 8 nitrogen and oxygen atoms in total. The Kier molecular flexibility index (Phi) is 5.66. The zero-order valence-corrected chi connectivity index (χ0v) is 16.7. The Bertz CT molecular complexity index is 1050. The molecular weight excluding hydrogens is 378 g/mol. The van der Waals surface area contributed by atoms with Crippen LogP contribution in [0.1, 0.15) is 23.0 Å². The first kappa shape index (κ1) is 19.8. The molecular formula is C19H23N5O3S. The van der Waals surface area contributed by atoms with Crippen molar-refractivity contribution < 1.29 is 13.5 Å². The van der Waals surface area contributed by atoms with E-state index in [-0.39, 0.29) is 17.5 Å². The minimum absolute atomic E-state index is 0.0426. The van der Waals surface area contributed by atoms with Crippen molar-refractivity contribution in [3.63, 3.8) is 0 Å². The van der Waals surface area contributed by atoms with Crippen LogP contribution in [0.4, 0.5) is 11.5 Å². The van der Waals surface area contributed by atoms with Gasteiger partial charge in [0.05, 0.1) is 29.7 Å². The van der Waals surface area contributed by atoms with Gasteiger partial charge in [-0.25, -0.2) is 13.4 Å². The summed E-state index contributed by atoms with van der Waals surface area (Å²) < 4.78 is 29.6. The van der Waals surface area contributed by atoms with Crippen molar-refractivity contribution in [1.82, 2.24) is 14.8 Å². The average molecular weight is 401 g/mol. The lowest BCUT2D eigenvalue weighted by Gasteiger charge is -2.17. The van der Waals surface area contributed by atoms with Gasteiger partial charge in [-0.1, -0.05) is 30.3 Å². The summed E-state index contributed by atoms with van der Waals surface area (Å²) in [6.45, 7) is 3.42. The van der Waals surface area contributed by atoms with E-state index in [1.807, 2.05) is 30.3 Å². The summed E-state index contributed by atoms with van der Waals surface area (Å²) in [6, 6.07) is 12.2. The first-order valence-corrected chi connectivity index (χ1v) is 10.2. The van der Waals surface area contributed by atoms with Gasteiger partial charge in [-0.3, -0.25) is 9.40 Å². The third-order valence-electron chi connectivity index (χ3n) is 4.50. The first-order valence-electron chi connectivity index (χ1n) is 8.73. The molecule has 0 aliphatic rings. The number of rotatable bonds is 7. The molecule has 0 bridgehead atoms. The Morgan fingerprint density at radius 2 is 1.86 bits per heavy atom. The van der Waals surface area contributed by atoms with E-state index in [9.17, 15) is 13.5 Å². The lowest BCUT2D eigenvalue weighted by Crippen LogP contribution is -2.17. The van der Waals surface area contributed by atoms with Crippen LogP contribution in [0.15, 0.2) is 53.6 Å². The fraction of sp³-hybridized carbons (Fsp3) is 0.263. The summed E-state index contributed by atoms with van der Waals surface area (Å²) in [5.41, 5.74) is 2.70. The minimum atomic E-state index is -3.79. The molecule has 28 heavy (non-hydrogen) atoms. The third-order valence-corrected chi connectivity index (χ3v) is 5.83. The molecule has 2 aromatic heterocycles. The van der Waals surface area contributed by atoms with Crippen LogP contribution in [-0.4, -0.2) is 34.9 Å². The lowest BCUT2D eigenvalue weighted by atomic mass is 10.1. The highest BCUT2D eigenvalue weighted by Crippen LogP contribution is 2.23. The molecule has 0 saturated heterocycles. The number of sulfonamides is 1. The van der Waals surface area contributed by atoms with Gasteiger partial charge in [-0.15, -0.1) is 0 Å². The molecule has 0 saturated carbocycles. The van der Waals surface area contributed by atoms with Crippen LogP contribution in [0.25, 0.3) is 0 Å². The second-order valence-electron chi connectivity index (χ2n) is 6.44. The van der Waals surface area contributed by atoms with Crippen molar-refractivity contribution >= 4 is 21.5 Å². The van der Waals surface area contributed by atoms with E-state index < -0.39 is 10.0 Å². The number of aliphatic hydroxyl groups excluding tert-OH is 1. The summed E-state index contributed by atoms with van der Waals surface area (Å²) >= 11 is 0. The van der Waals surface area contributed by atoms with Crippen LogP contribution in [-0.2, 0) is 17.1 Å². The van der Waals surface area contributed by atoms with Gasteiger partial charge in [0, 0.05) is 13.2 Å². The zero-order valence-electron chi connectivity index (χ0n) is 15.9. The van der Waals surface area contributed by atoms with E-state index in [1.54, 1.807) is 31.6 Å². The Morgan fingerprint density at radius 1 is 1.14 bits per heavy atom. The van der Waals surface area contributed by atoms with E-state index >= 15 is 0 Å². The number of benzene rings is 1. The van der Waals surface area contributed by atoms with E-state index in [0.29, 0.717) is 17.2 Å². The van der Waals surface area contributed by atoms with Crippen molar-refractivity contribution in [2.45, 2.75) is 24.8 Å². The lowest BCUT2D eigenvalue weighted by molar-refractivity contribution is 0.276. The predicted molar refractivity (Wildman–Crippen MR) is 108 cm³/mol. The van der Waals surface area contributed by atoms with Gasteiger partial charge in [0.25, 0.3) is 10.0 Å². The summed E-state index contributed by atoms with van der Waals surface area (Å²) in [6.07, 6.45) is 1.28. The molecule has 3 N–H and O–H groups in total. The molecule has 2 heterocycles. The van der Waals surface area contributed by atoms with E-state index in [0.717, 1.165) is 11.3 Å². The molecule has 0 fully saturated rings. The van der Waals surface area contributed by atoms with Crippen molar-refractivity contribution in [3.05, 3.63) is 65.6 Å². The van der Waals surface area contributed by atoms with Crippen LogP contribution in [0.3, 0.4) is 0 Å². The van der Waals surface area contributed by atoms with E-state index in [4.69, 9.17) is 0 Å². The monoisotopic (exact) mass is 401 g/mol. The van der Waals surface area contributed by atoms with E-state index in [1.165, 1.54) is 12.3 Å². The summed E-state index contributed by atoms with van der Waals surface area (Å²) in [7, 11) is -2.03. The standard InChI is InChI=1S/C19H23N5O3S/c1-13-19(14(2)24(3)22-13)23-28(26,27)16-9-10-18(20-11-16)21-17(12-25)15-7-5-4-6-8-15/h4-11,17,23,25H,12H2,1-3H3,(H,20,21). The maximum absolute atomic E-state index is 12.7. The fourth-order valence-electron chi connectivity index (χ4n) is 2.84. The molecule has 0 aliphatic heterocycles. The molecule has 1 unspecified atom stereocenters. The maximum Gasteiger partial charge on any atom is 0.263 e. The van der Waals surface area contributed by atoms with Gasteiger partial charge in [-0.2, -0.15) is 5.10 Å². The van der Waals surface area contributed by atoms with Crippen LogP contribution in [0, 0.1) is 13.8 Å². The van der Waals surface area contributed by atoms with Gasteiger partial charge in [0.2, 0.25) is 0 Å².